The quantitative estimate of drug-likeness (QED) is 0.435. The second-order valence-corrected chi connectivity index (χ2v) is 7.87. The van der Waals surface area contributed by atoms with Crippen LogP contribution in [-0.2, 0) is 9.53 Å². The Morgan fingerprint density at radius 3 is 2.69 bits per heavy atom. The lowest BCUT2D eigenvalue weighted by molar-refractivity contribution is -0.145. The van der Waals surface area contributed by atoms with Gasteiger partial charge in [0.05, 0.1) is 32.2 Å². The molecule has 0 radical (unpaired) electrons. The number of benzene rings is 2. The number of imidazole rings is 1. The van der Waals surface area contributed by atoms with Crippen LogP contribution in [0, 0.1) is 0 Å². The van der Waals surface area contributed by atoms with Crippen molar-refractivity contribution < 1.29 is 14.3 Å². The van der Waals surface area contributed by atoms with E-state index in [-0.39, 0.29) is 34.6 Å². The van der Waals surface area contributed by atoms with Crippen molar-refractivity contribution in [1.82, 2.24) is 9.38 Å². The maximum atomic E-state index is 12.8. The summed E-state index contributed by atoms with van der Waals surface area (Å²) in [6.45, 7) is 1.67. The Kier molecular flexibility index (Phi) is 5.45. The number of para-hydroxylation sites is 2. The van der Waals surface area contributed by atoms with Crippen LogP contribution in [0.4, 0.5) is 0 Å². The van der Waals surface area contributed by atoms with E-state index in [4.69, 9.17) is 32.7 Å². The fourth-order valence-corrected chi connectivity index (χ4v) is 4.50. The minimum absolute atomic E-state index is 0.159. The molecule has 0 bridgehead atoms. The summed E-state index contributed by atoms with van der Waals surface area (Å²) < 4.78 is 12.3. The van der Waals surface area contributed by atoms with Crippen LogP contribution in [0.2, 0.25) is 10.0 Å². The molecule has 148 valence electrons. The molecule has 0 amide bonds. The van der Waals surface area contributed by atoms with Crippen LogP contribution in [0.15, 0.2) is 41.2 Å². The molecule has 9 heteroatoms. The molecule has 4 rings (SSSR count). The van der Waals surface area contributed by atoms with Crippen LogP contribution < -0.4 is 14.8 Å². The monoisotopic (exact) mass is 448 g/mol. The second kappa shape index (κ2) is 8.02. The third-order valence-electron chi connectivity index (χ3n) is 4.10. The Labute approximate surface area is 178 Å². The van der Waals surface area contributed by atoms with Gasteiger partial charge in [-0.05, 0) is 42.8 Å². The van der Waals surface area contributed by atoms with E-state index < -0.39 is 5.97 Å². The fourth-order valence-electron chi connectivity index (χ4n) is 2.90. The second-order valence-electron chi connectivity index (χ2n) is 6.04. The number of nitrogens with zero attached hydrogens (tertiary/aromatic N) is 2. The van der Waals surface area contributed by atoms with Gasteiger partial charge in [-0.3, -0.25) is 4.79 Å². The standard InChI is InChI=1S/C20H14Cl2N2O4S/c1-2-27-17(25)10-28-18-12(21)7-11(8-13(18)22)9-16-19(26)24-15-6-4-3-5-14(15)23-20(24)29-16/h3-9H,2,10H2,1H3/b16-9-. The molecule has 6 nitrogen and oxygen atoms in total. The number of esters is 1. The van der Waals surface area contributed by atoms with Crippen LogP contribution in [0.25, 0.3) is 22.1 Å². The predicted molar refractivity (Wildman–Crippen MR) is 114 cm³/mol. The van der Waals surface area contributed by atoms with Crippen molar-refractivity contribution in [2.75, 3.05) is 13.2 Å². The molecule has 0 fully saturated rings. The molecule has 0 spiro atoms. The van der Waals surface area contributed by atoms with Crippen molar-refractivity contribution >= 4 is 62.6 Å². The molecular weight excluding hydrogens is 435 g/mol. The third kappa shape index (κ3) is 3.81. The van der Waals surface area contributed by atoms with E-state index in [2.05, 4.69) is 4.98 Å². The van der Waals surface area contributed by atoms with E-state index in [0.29, 0.717) is 15.1 Å². The van der Waals surface area contributed by atoms with Gasteiger partial charge >= 0.3 is 5.97 Å². The summed E-state index contributed by atoms with van der Waals surface area (Å²) in [5.74, 6) is -0.326. The van der Waals surface area contributed by atoms with Gasteiger partial charge in [0.1, 0.15) is 0 Å². The smallest absolute Gasteiger partial charge is 0.344 e. The molecule has 0 unspecified atom stereocenters. The summed E-state index contributed by atoms with van der Waals surface area (Å²) in [5, 5.41) is 0.458. The van der Waals surface area contributed by atoms with E-state index in [0.717, 1.165) is 11.0 Å². The Morgan fingerprint density at radius 1 is 1.24 bits per heavy atom. The maximum absolute atomic E-state index is 12.8. The minimum atomic E-state index is -0.513. The molecule has 4 aromatic rings. The lowest BCUT2D eigenvalue weighted by Crippen LogP contribution is -2.22. The zero-order valence-electron chi connectivity index (χ0n) is 15.1. The average Bonchev–Trinajstić information content (AvgIpc) is 3.18. The van der Waals surface area contributed by atoms with Gasteiger partial charge in [-0.1, -0.05) is 46.7 Å². The van der Waals surface area contributed by atoms with Crippen molar-refractivity contribution in [3.8, 4) is 5.75 Å². The number of thiazole rings is 1. The summed E-state index contributed by atoms with van der Waals surface area (Å²) in [6.07, 6.45) is 1.70. The molecule has 0 atom stereocenters. The number of aromatic nitrogens is 2. The van der Waals surface area contributed by atoms with Crippen LogP contribution in [0.1, 0.15) is 12.5 Å². The van der Waals surface area contributed by atoms with E-state index in [1.807, 2.05) is 24.3 Å². The van der Waals surface area contributed by atoms with E-state index >= 15 is 0 Å². The van der Waals surface area contributed by atoms with Crippen molar-refractivity contribution in [1.29, 1.82) is 0 Å². The van der Waals surface area contributed by atoms with Crippen molar-refractivity contribution in [3.63, 3.8) is 0 Å². The number of ether oxygens (including phenoxy) is 2. The largest absolute Gasteiger partial charge is 0.479 e. The van der Waals surface area contributed by atoms with Gasteiger partial charge in [-0.15, -0.1) is 0 Å². The van der Waals surface area contributed by atoms with Gasteiger partial charge in [-0.25, -0.2) is 14.2 Å². The Bertz CT molecular complexity index is 1320. The molecular formula is C20H14Cl2N2O4S. The zero-order valence-corrected chi connectivity index (χ0v) is 17.5. The molecule has 0 aliphatic rings. The molecule has 0 aliphatic heterocycles. The highest BCUT2D eigenvalue weighted by Crippen LogP contribution is 2.34. The van der Waals surface area contributed by atoms with Gasteiger partial charge < -0.3 is 9.47 Å². The highest BCUT2D eigenvalue weighted by molar-refractivity contribution is 7.15. The van der Waals surface area contributed by atoms with E-state index in [1.165, 1.54) is 11.3 Å². The fraction of sp³-hybridized carbons (Fsp3) is 0.150. The normalized spacial score (nSPS) is 12.0. The zero-order chi connectivity index (χ0) is 20.5. The summed E-state index contributed by atoms with van der Waals surface area (Å²) in [7, 11) is 0. The highest BCUT2D eigenvalue weighted by atomic mass is 35.5. The topological polar surface area (TPSA) is 69.9 Å². The first-order valence-electron chi connectivity index (χ1n) is 8.67. The first kappa shape index (κ1) is 19.7. The maximum Gasteiger partial charge on any atom is 0.344 e. The highest BCUT2D eigenvalue weighted by Gasteiger charge is 2.14. The number of rotatable bonds is 5. The summed E-state index contributed by atoms with van der Waals surface area (Å²) in [5.41, 5.74) is 2.02. The molecule has 2 aromatic carbocycles. The van der Waals surface area contributed by atoms with E-state index in [1.54, 1.807) is 29.5 Å². The number of hydrogen-bond acceptors (Lipinski definition) is 6. The van der Waals surface area contributed by atoms with Crippen LogP contribution in [-0.4, -0.2) is 28.6 Å². The first-order valence-corrected chi connectivity index (χ1v) is 10.2. The lowest BCUT2D eigenvalue weighted by atomic mass is 10.2. The third-order valence-corrected chi connectivity index (χ3v) is 5.63. The molecule has 0 N–H and O–H groups in total. The summed E-state index contributed by atoms with van der Waals surface area (Å²) >= 11 is 13.8. The SMILES string of the molecule is CCOC(=O)COc1c(Cl)cc(/C=c2\sc3nc4ccccc4n3c2=O)cc1Cl. The molecule has 2 aromatic heterocycles. The average molecular weight is 449 g/mol. The van der Waals surface area contributed by atoms with Crippen LogP contribution in [0.3, 0.4) is 0 Å². The first-order chi connectivity index (χ1) is 14.0. The van der Waals surface area contributed by atoms with E-state index in [9.17, 15) is 9.59 Å². The summed E-state index contributed by atoms with van der Waals surface area (Å²) in [6, 6.07) is 10.7. The van der Waals surface area contributed by atoms with Gasteiger partial charge in [0.2, 0.25) is 0 Å². The number of carbonyl (C=O) groups is 1. The Hall–Kier alpha value is -2.61. The van der Waals surface area contributed by atoms with Gasteiger partial charge in [-0.2, -0.15) is 0 Å². The minimum Gasteiger partial charge on any atom is -0.479 e. The molecule has 0 saturated carbocycles. The predicted octanol–water partition coefficient (Wildman–Crippen LogP) is 3.71. The van der Waals surface area contributed by atoms with Crippen molar-refractivity contribution in [2.24, 2.45) is 0 Å². The molecule has 29 heavy (non-hydrogen) atoms. The number of carbonyl (C=O) groups excluding carboxylic acids is 1. The van der Waals surface area contributed by atoms with Crippen molar-refractivity contribution in [2.45, 2.75) is 6.92 Å². The molecule has 0 saturated heterocycles. The van der Waals surface area contributed by atoms with Crippen LogP contribution >= 0.6 is 34.5 Å². The van der Waals surface area contributed by atoms with Crippen molar-refractivity contribution in [3.05, 3.63) is 66.9 Å². The van der Waals surface area contributed by atoms with Gasteiger partial charge in [0.25, 0.3) is 5.56 Å². The van der Waals surface area contributed by atoms with Crippen LogP contribution in [0.5, 0.6) is 5.75 Å². The number of fused-ring (bicyclic) bond motifs is 3. The Balaban J connectivity index is 1.70. The van der Waals surface area contributed by atoms with Gasteiger partial charge in [0.15, 0.2) is 17.3 Å². The lowest BCUT2D eigenvalue weighted by Gasteiger charge is -2.10. The number of halogens is 2. The summed E-state index contributed by atoms with van der Waals surface area (Å²) in [4.78, 5) is 29.4. The Morgan fingerprint density at radius 2 is 1.97 bits per heavy atom. The molecule has 0 aliphatic carbocycles. The molecule has 2 heterocycles. The van der Waals surface area contributed by atoms with Gasteiger partial charge in [0, 0.05) is 0 Å². The number of hydrogen-bond donors (Lipinski definition) is 0.